The third kappa shape index (κ3) is 7.55. The van der Waals surface area contributed by atoms with Gasteiger partial charge in [0.25, 0.3) is 0 Å². The van der Waals surface area contributed by atoms with Gasteiger partial charge >= 0.3 is 5.97 Å². The van der Waals surface area contributed by atoms with Gasteiger partial charge in [-0.05, 0) is 38.7 Å². The van der Waals surface area contributed by atoms with Gasteiger partial charge in [-0.3, -0.25) is 4.79 Å². The minimum Gasteiger partial charge on any atom is -0.469 e. The molecule has 0 amide bonds. The van der Waals surface area contributed by atoms with Gasteiger partial charge < -0.3 is 18.9 Å². The van der Waals surface area contributed by atoms with Crippen molar-refractivity contribution >= 4 is 5.97 Å². The number of rotatable bonds is 9. The van der Waals surface area contributed by atoms with Crippen LogP contribution in [0.5, 0.6) is 0 Å². The maximum atomic E-state index is 11.5. The van der Waals surface area contributed by atoms with Crippen molar-refractivity contribution in [2.75, 3.05) is 13.7 Å². The molecule has 140 valence electrons. The number of methoxy groups -OCH3 is 1. The van der Waals surface area contributed by atoms with Crippen molar-refractivity contribution < 1.29 is 23.7 Å². The second kappa shape index (κ2) is 9.90. The standard InChI is InChI=1S/C20H30O5/c1-20(2)24-17(13-18(25-20)14-19(21)22-3)11-7-8-12-23-15-16-9-5-4-6-10-16/h4-6,9-10,17-18H,7-8,11-15H2,1-3H3/t17-,18-/m0/s1. The Morgan fingerprint density at radius 3 is 2.60 bits per heavy atom. The van der Waals surface area contributed by atoms with Crippen LogP contribution in [0.2, 0.25) is 0 Å². The van der Waals surface area contributed by atoms with Crippen LogP contribution in [0.25, 0.3) is 0 Å². The summed E-state index contributed by atoms with van der Waals surface area (Å²) in [7, 11) is 1.40. The molecule has 0 aromatic heterocycles. The van der Waals surface area contributed by atoms with E-state index in [0.717, 1.165) is 32.3 Å². The van der Waals surface area contributed by atoms with Gasteiger partial charge in [-0.2, -0.15) is 0 Å². The summed E-state index contributed by atoms with van der Waals surface area (Å²) in [6.07, 6.45) is 3.93. The highest BCUT2D eigenvalue weighted by Crippen LogP contribution is 2.30. The van der Waals surface area contributed by atoms with Gasteiger partial charge in [-0.15, -0.1) is 0 Å². The van der Waals surface area contributed by atoms with Gasteiger partial charge in [0.05, 0.1) is 32.3 Å². The van der Waals surface area contributed by atoms with Gasteiger partial charge in [0, 0.05) is 13.0 Å². The highest BCUT2D eigenvalue weighted by molar-refractivity contribution is 5.69. The molecule has 1 fully saturated rings. The van der Waals surface area contributed by atoms with Crippen molar-refractivity contribution in [1.29, 1.82) is 0 Å². The molecular weight excluding hydrogens is 320 g/mol. The Bertz CT molecular complexity index is 514. The molecule has 1 aromatic carbocycles. The summed E-state index contributed by atoms with van der Waals surface area (Å²) in [5.41, 5.74) is 1.20. The molecule has 0 saturated carbocycles. The van der Waals surface area contributed by atoms with Crippen LogP contribution in [-0.2, 0) is 30.3 Å². The predicted octanol–water partition coefficient (Wildman–Crippen LogP) is 3.85. The molecule has 1 aromatic rings. The second-order valence-electron chi connectivity index (χ2n) is 6.93. The van der Waals surface area contributed by atoms with Gasteiger partial charge in [0.1, 0.15) is 0 Å². The van der Waals surface area contributed by atoms with Crippen molar-refractivity contribution in [2.45, 2.75) is 70.6 Å². The zero-order valence-corrected chi connectivity index (χ0v) is 15.5. The first-order valence-corrected chi connectivity index (χ1v) is 9.02. The maximum absolute atomic E-state index is 11.5. The summed E-state index contributed by atoms with van der Waals surface area (Å²) in [6, 6.07) is 10.2. The van der Waals surface area contributed by atoms with Gasteiger partial charge in [-0.25, -0.2) is 0 Å². The zero-order chi connectivity index (χ0) is 18.1. The van der Waals surface area contributed by atoms with Gasteiger partial charge in [0.15, 0.2) is 5.79 Å². The zero-order valence-electron chi connectivity index (χ0n) is 15.5. The minimum absolute atomic E-state index is 0.104. The number of ether oxygens (including phenoxy) is 4. The molecule has 2 rings (SSSR count). The Balaban J connectivity index is 1.64. The average Bonchev–Trinajstić information content (AvgIpc) is 2.57. The fourth-order valence-electron chi connectivity index (χ4n) is 3.13. The second-order valence-corrected chi connectivity index (χ2v) is 6.93. The molecular formula is C20H30O5. The summed E-state index contributed by atoms with van der Waals surface area (Å²) >= 11 is 0. The lowest BCUT2D eigenvalue weighted by molar-refractivity contribution is -0.300. The van der Waals surface area contributed by atoms with Crippen LogP contribution in [0.1, 0.15) is 51.5 Å². The first-order valence-electron chi connectivity index (χ1n) is 9.02. The minimum atomic E-state index is -0.661. The highest BCUT2D eigenvalue weighted by atomic mass is 16.7. The molecule has 1 aliphatic heterocycles. The number of hydrogen-bond acceptors (Lipinski definition) is 5. The van der Waals surface area contributed by atoms with E-state index in [4.69, 9.17) is 18.9 Å². The van der Waals surface area contributed by atoms with Crippen LogP contribution < -0.4 is 0 Å². The molecule has 0 unspecified atom stereocenters. The van der Waals surface area contributed by atoms with Crippen molar-refractivity contribution in [1.82, 2.24) is 0 Å². The lowest BCUT2D eigenvalue weighted by Crippen LogP contribution is -2.45. The molecule has 0 spiro atoms. The summed E-state index contributed by atoms with van der Waals surface area (Å²) in [5, 5.41) is 0. The van der Waals surface area contributed by atoms with E-state index >= 15 is 0 Å². The van der Waals surface area contributed by atoms with Gasteiger partial charge in [0.2, 0.25) is 0 Å². The van der Waals surface area contributed by atoms with Crippen LogP contribution >= 0.6 is 0 Å². The molecule has 0 bridgehead atoms. The molecule has 25 heavy (non-hydrogen) atoms. The number of carbonyl (C=O) groups is 1. The SMILES string of the molecule is COC(=O)C[C@@H]1C[C@H](CCCCOCc2ccccc2)OC(C)(C)O1. The molecule has 2 atom stereocenters. The first-order chi connectivity index (χ1) is 12.0. The third-order valence-electron chi connectivity index (χ3n) is 4.23. The maximum Gasteiger partial charge on any atom is 0.308 e. The van der Waals surface area contributed by atoms with Crippen LogP contribution in [0.3, 0.4) is 0 Å². The number of benzene rings is 1. The van der Waals surface area contributed by atoms with E-state index in [-0.39, 0.29) is 24.6 Å². The summed E-state index contributed by atoms with van der Waals surface area (Å²) in [4.78, 5) is 11.5. The van der Waals surface area contributed by atoms with E-state index in [1.165, 1.54) is 12.7 Å². The van der Waals surface area contributed by atoms with Crippen molar-refractivity contribution in [3.8, 4) is 0 Å². The van der Waals surface area contributed by atoms with Gasteiger partial charge in [-0.1, -0.05) is 30.3 Å². The third-order valence-corrected chi connectivity index (χ3v) is 4.23. The average molecular weight is 350 g/mol. The van der Waals surface area contributed by atoms with E-state index in [1.807, 2.05) is 32.0 Å². The topological polar surface area (TPSA) is 54.0 Å². The molecule has 1 heterocycles. The fourth-order valence-corrected chi connectivity index (χ4v) is 3.13. The molecule has 0 N–H and O–H groups in total. The van der Waals surface area contributed by atoms with E-state index in [1.54, 1.807) is 0 Å². The molecule has 0 aliphatic carbocycles. The van der Waals surface area contributed by atoms with E-state index < -0.39 is 5.79 Å². The summed E-state index contributed by atoms with van der Waals surface area (Å²) in [6.45, 7) is 5.19. The molecule has 5 heteroatoms. The number of esters is 1. The largest absolute Gasteiger partial charge is 0.469 e. The van der Waals surface area contributed by atoms with Crippen LogP contribution in [0, 0.1) is 0 Å². The molecule has 1 saturated heterocycles. The Morgan fingerprint density at radius 2 is 1.88 bits per heavy atom. The Labute approximate surface area is 150 Å². The van der Waals surface area contributed by atoms with Crippen LogP contribution in [0.15, 0.2) is 30.3 Å². The number of hydrogen-bond donors (Lipinski definition) is 0. The molecule has 1 aliphatic rings. The number of unbranched alkanes of at least 4 members (excludes halogenated alkanes) is 1. The summed E-state index contributed by atoms with van der Waals surface area (Å²) < 4.78 is 22.3. The fraction of sp³-hybridized carbons (Fsp3) is 0.650. The van der Waals surface area contributed by atoms with Crippen LogP contribution in [-0.4, -0.2) is 37.7 Å². The normalized spacial score (nSPS) is 22.5. The van der Waals surface area contributed by atoms with E-state index in [2.05, 4.69) is 12.1 Å². The quantitative estimate of drug-likeness (QED) is 0.500. The summed E-state index contributed by atoms with van der Waals surface area (Å²) in [5.74, 6) is -0.901. The van der Waals surface area contributed by atoms with Crippen molar-refractivity contribution in [3.63, 3.8) is 0 Å². The smallest absolute Gasteiger partial charge is 0.308 e. The Kier molecular flexibility index (Phi) is 7.88. The highest BCUT2D eigenvalue weighted by Gasteiger charge is 2.36. The predicted molar refractivity (Wildman–Crippen MR) is 95.0 cm³/mol. The molecule has 5 nitrogen and oxygen atoms in total. The van der Waals surface area contributed by atoms with Crippen molar-refractivity contribution in [2.24, 2.45) is 0 Å². The lowest BCUT2D eigenvalue weighted by atomic mass is 10.0. The first kappa shape index (κ1) is 19.9. The molecule has 0 radical (unpaired) electrons. The van der Waals surface area contributed by atoms with E-state index in [0.29, 0.717) is 6.61 Å². The lowest BCUT2D eigenvalue weighted by Gasteiger charge is -2.40. The number of carbonyl (C=O) groups excluding carboxylic acids is 1. The Hall–Kier alpha value is -1.43. The monoisotopic (exact) mass is 350 g/mol. The Morgan fingerprint density at radius 1 is 1.16 bits per heavy atom. The van der Waals surface area contributed by atoms with E-state index in [9.17, 15) is 4.79 Å². The van der Waals surface area contributed by atoms with Crippen LogP contribution in [0.4, 0.5) is 0 Å². The van der Waals surface area contributed by atoms with Crippen molar-refractivity contribution in [3.05, 3.63) is 35.9 Å².